The van der Waals surface area contributed by atoms with Crippen molar-refractivity contribution in [3.8, 4) is 0 Å². The number of hydrogen-bond acceptors (Lipinski definition) is 4. The minimum Gasteiger partial charge on any atom is -0.329 e. The van der Waals surface area contributed by atoms with Gasteiger partial charge in [-0.25, -0.2) is 8.42 Å². The molecule has 14 heavy (non-hydrogen) atoms. The van der Waals surface area contributed by atoms with Crippen molar-refractivity contribution >= 4 is 9.84 Å². The van der Waals surface area contributed by atoms with E-state index in [9.17, 15) is 8.42 Å². The van der Waals surface area contributed by atoms with Gasteiger partial charge in [0.25, 0.3) is 0 Å². The fourth-order valence-electron chi connectivity index (χ4n) is 1.67. The highest BCUT2D eigenvalue weighted by atomic mass is 32.2. The Morgan fingerprint density at radius 1 is 1.29 bits per heavy atom. The fourth-order valence-corrected chi connectivity index (χ4v) is 2.94. The second-order valence-corrected chi connectivity index (χ2v) is 6.81. The van der Waals surface area contributed by atoms with Crippen LogP contribution in [0.2, 0.25) is 0 Å². The topological polar surface area (TPSA) is 63.4 Å². The van der Waals surface area contributed by atoms with Crippen LogP contribution in [0.4, 0.5) is 0 Å². The second kappa shape index (κ2) is 4.16. The Kier molecular flexibility index (Phi) is 3.55. The molecule has 0 aromatic heterocycles. The molecule has 0 unspecified atom stereocenters. The van der Waals surface area contributed by atoms with Crippen LogP contribution in [0, 0.1) is 0 Å². The van der Waals surface area contributed by atoms with Gasteiger partial charge in [-0.2, -0.15) is 0 Å². The molecule has 5 heteroatoms. The zero-order valence-corrected chi connectivity index (χ0v) is 9.81. The van der Waals surface area contributed by atoms with Crippen molar-refractivity contribution in [1.82, 2.24) is 4.90 Å². The molecule has 0 aromatic rings. The van der Waals surface area contributed by atoms with Crippen LogP contribution in [0.3, 0.4) is 0 Å². The van der Waals surface area contributed by atoms with Gasteiger partial charge in [-0.15, -0.1) is 0 Å². The summed E-state index contributed by atoms with van der Waals surface area (Å²) in [6.45, 7) is 6.14. The van der Waals surface area contributed by atoms with Crippen LogP contribution in [0.1, 0.15) is 20.3 Å². The van der Waals surface area contributed by atoms with Gasteiger partial charge in [0.05, 0.1) is 11.5 Å². The number of nitrogens with two attached hydrogens (primary N) is 1. The van der Waals surface area contributed by atoms with Gasteiger partial charge < -0.3 is 5.73 Å². The number of nitrogens with zero attached hydrogens (tertiary/aromatic N) is 1. The zero-order chi connectivity index (χ0) is 10.8. The first-order valence-electron chi connectivity index (χ1n) is 5.03. The first kappa shape index (κ1) is 11.9. The summed E-state index contributed by atoms with van der Waals surface area (Å²) < 4.78 is 22.7. The van der Waals surface area contributed by atoms with E-state index in [0.717, 1.165) is 13.0 Å². The van der Waals surface area contributed by atoms with Crippen molar-refractivity contribution < 1.29 is 8.42 Å². The number of rotatable bonds is 2. The van der Waals surface area contributed by atoms with Crippen molar-refractivity contribution in [1.29, 1.82) is 0 Å². The quantitative estimate of drug-likeness (QED) is 0.702. The molecule has 84 valence electrons. The van der Waals surface area contributed by atoms with Crippen LogP contribution in [-0.4, -0.2) is 50.0 Å². The minimum absolute atomic E-state index is 0.0835. The average Bonchev–Trinajstić information content (AvgIpc) is 2.26. The first-order valence-corrected chi connectivity index (χ1v) is 6.85. The Hall–Kier alpha value is -0.130. The Labute approximate surface area is 86.4 Å². The predicted molar refractivity (Wildman–Crippen MR) is 58.0 cm³/mol. The average molecular weight is 220 g/mol. The molecule has 0 aliphatic carbocycles. The lowest BCUT2D eigenvalue weighted by molar-refractivity contribution is 0.138. The van der Waals surface area contributed by atoms with Gasteiger partial charge in [-0.05, 0) is 26.8 Å². The van der Waals surface area contributed by atoms with Gasteiger partial charge in [0.2, 0.25) is 0 Å². The lowest BCUT2D eigenvalue weighted by atomic mass is 10.0. The van der Waals surface area contributed by atoms with Crippen LogP contribution in [0.25, 0.3) is 0 Å². The Balaban J connectivity index is 2.67. The third kappa shape index (κ3) is 2.93. The Morgan fingerprint density at radius 2 is 1.93 bits per heavy atom. The van der Waals surface area contributed by atoms with Gasteiger partial charge in [0, 0.05) is 18.6 Å². The highest BCUT2D eigenvalue weighted by molar-refractivity contribution is 7.91. The van der Waals surface area contributed by atoms with Gasteiger partial charge in [-0.3, -0.25) is 4.90 Å². The zero-order valence-electron chi connectivity index (χ0n) is 8.99. The standard InChI is InChI=1S/C9H20N2O2S/c1-9(2,8-10)11-4-3-6-14(12,13)7-5-11/h3-8,10H2,1-2H3. The largest absolute Gasteiger partial charge is 0.329 e. The summed E-state index contributed by atoms with van der Waals surface area (Å²) in [5.74, 6) is 0.598. The van der Waals surface area contributed by atoms with E-state index in [-0.39, 0.29) is 11.3 Å². The Bertz CT molecular complexity index is 285. The lowest BCUT2D eigenvalue weighted by Crippen LogP contribution is -2.50. The van der Waals surface area contributed by atoms with E-state index in [4.69, 9.17) is 5.73 Å². The summed E-state index contributed by atoms with van der Waals surface area (Å²) in [7, 11) is -2.80. The smallest absolute Gasteiger partial charge is 0.151 e. The van der Waals surface area contributed by atoms with Crippen molar-refractivity contribution in [3.63, 3.8) is 0 Å². The van der Waals surface area contributed by atoms with Crippen LogP contribution in [-0.2, 0) is 9.84 Å². The predicted octanol–water partition coefficient (Wildman–Crippen LogP) is -0.156. The Morgan fingerprint density at radius 3 is 2.50 bits per heavy atom. The van der Waals surface area contributed by atoms with E-state index in [0.29, 0.717) is 18.8 Å². The van der Waals surface area contributed by atoms with Crippen LogP contribution >= 0.6 is 0 Å². The molecule has 0 radical (unpaired) electrons. The van der Waals surface area contributed by atoms with Crippen molar-refractivity contribution in [2.24, 2.45) is 5.73 Å². The summed E-state index contributed by atoms with van der Waals surface area (Å²) in [4.78, 5) is 2.18. The molecule has 0 saturated carbocycles. The van der Waals surface area contributed by atoms with E-state index in [1.54, 1.807) is 0 Å². The molecule has 4 nitrogen and oxygen atoms in total. The normalized spacial score (nSPS) is 24.5. The summed E-state index contributed by atoms with van der Waals surface area (Å²) in [6.07, 6.45) is 0.728. The third-order valence-electron chi connectivity index (χ3n) is 2.91. The molecule has 1 rings (SSSR count). The van der Waals surface area contributed by atoms with Crippen molar-refractivity contribution in [2.75, 3.05) is 31.1 Å². The fraction of sp³-hybridized carbons (Fsp3) is 1.00. The van der Waals surface area contributed by atoms with E-state index >= 15 is 0 Å². The molecule has 0 aromatic carbocycles. The maximum Gasteiger partial charge on any atom is 0.151 e. The minimum atomic E-state index is -2.80. The van der Waals surface area contributed by atoms with Crippen LogP contribution in [0.15, 0.2) is 0 Å². The summed E-state index contributed by atoms with van der Waals surface area (Å²) >= 11 is 0. The van der Waals surface area contributed by atoms with Gasteiger partial charge >= 0.3 is 0 Å². The SMILES string of the molecule is CC(C)(CN)N1CCCS(=O)(=O)CC1. The molecule has 0 amide bonds. The van der Waals surface area contributed by atoms with Gasteiger partial charge in [-0.1, -0.05) is 0 Å². The molecular weight excluding hydrogens is 200 g/mol. The van der Waals surface area contributed by atoms with E-state index in [1.165, 1.54) is 0 Å². The van der Waals surface area contributed by atoms with Crippen LogP contribution in [0.5, 0.6) is 0 Å². The van der Waals surface area contributed by atoms with Gasteiger partial charge in [0.15, 0.2) is 9.84 Å². The van der Waals surface area contributed by atoms with E-state index in [1.807, 2.05) is 0 Å². The monoisotopic (exact) mass is 220 g/mol. The van der Waals surface area contributed by atoms with E-state index < -0.39 is 9.84 Å². The lowest BCUT2D eigenvalue weighted by Gasteiger charge is -2.36. The first-order chi connectivity index (χ1) is 6.37. The molecule has 1 heterocycles. The summed E-state index contributed by atoms with van der Waals surface area (Å²) in [6, 6.07) is 0. The highest BCUT2D eigenvalue weighted by Crippen LogP contribution is 2.16. The maximum absolute atomic E-state index is 11.4. The van der Waals surface area contributed by atoms with Crippen molar-refractivity contribution in [3.05, 3.63) is 0 Å². The van der Waals surface area contributed by atoms with Crippen molar-refractivity contribution in [2.45, 2.75) is 25.8 Å². The second-order valence-electron chi connectivity index (χ2n) is 4.51. The molecule has 2 N–H and O–H groups in total. The highest BCUT2D eigenvalue weighted by Gasteiger charge is 2.28. The molecule has 1 aliphatic rings. The molecular formula is C9H20N2O2S. The summed E-state index contributed by atoms with van der Waals surface area (Å²) in [5, 5.41) is 0. The van der Waals surface area contributed by atoms with E-state index in [2.05, 4.69) is 18.7 Å². The molecule has 0 spiro atoms. The maximum atomic E-state index is 11.4. The number of hydrogen-bond donors (Lipinski definition) is 1. The molecule has 0 bridgehead atoms. The summed E-state index contributed by atoms with van der Waals surface area (Å²) in [5.41, 5.74) is 5.58. The van der Waals surface area contributed by atoms with Crippen LogP contribution < -0.4 is 5.73 Å². The number of sulfone groups is 1. The third-order valence-corrected chi connectivity index (χ3v) is 4.63. The molecule has 0 atom stereocenters. The van der Waals surface area contributed by atoms with Gasteiger partial charge in [0.1, 0.15) is 0 Å². The molecule has 1 saturated heterocycles. The molecule has 1 fully saturated rings. The molecule has 1 aliphatic heterocycles.